The van der Waals surface area contributed by atoms with Crippen LogP contribution in [0, 0.1) is 0 Å². The van der Waals surface area contributed by atoms with Gasteiger partial charge in [-0.05, 0) is 47.5 Å². The van der Waals surface area contributed by atoms with Crippen molar-refractivity contribution in [3.63, 3.8) is 0 Å². The molecule has 2 rings (SSSR count). The van der Waals surface area contributed by atoms with Gasteiger partial charge in [-0.1, -0.05) is 18.7 Å². The van der Waals surface area contributed by atoms with E-state index in [9.17, 15) is 9.59 Å². The molecule has 0 aliphatic carbocycles. The van der Waals surface area contributed by atoms with Crippen LogP contribution in [0.15, 0.2) is 57.9 Å². The molecule has 6 nitrogen and oxygen atoms in total. The summed E-state index contributed by atoms with van der Waals surface area (Å²) in [6.45, 7) is 7.54. The maximum Gasteiger partial charge on any atom is 0.336 e. The van der Waals surface area contributed by atoms with Crippen molar-refractivity contribution in [2.45, 2.75) is 19.8 Å². The molecule has 0 bridgehead atoms. The van der Waals surface area contributed by atoms with Gasteiger partial charge in [0.05, 0.1) is 35.8 Å². The summed E-state index contributed by atoms with van der Waals surface area (Å²) in [5.41, 5.74) is 2.69. The first-order valence-corrected chi connectivity index (χ1v) is 9.03. The second-order valence-electron chi connectivity index (χ2n) is 5.91. The van der Waals surface area contributed by atoms with E-state index in [4.69, 9.17) is 14.2 Å². The van der Waals surface area contributed by atoms with Crippen LogP contribution >= 0.6 is 15.9 Å². The van der Waals surface area contributed by atoms with Gasteiger partial charge in [0.25, 0.3) is 0 Å². The molecule has 1 aromatic carbocycles. The van der Waals surface area contributed by atoms with Crippen LogP contribution in [-0.4, -0.2) is 32.8 Å². The van der Waals surface area contributed by atoms with E-state index >= 15 is 0 Å². The van der Waals surface area contributed by atoms with Crippen LogP contribution in [0.3, 0.4) is 0 Å². The highest BCUT2D eigenvalue weighted by molar-refractivity contribution is 9.10. The molecule has 0 amide bonds. The van der Waals surface area contributed by atoms with Crippen molar-refractivity contribution in [3.05, 3.63) is 63.4 Å². The largest absolute Gasteiger partial charge is 0.488 e. The summed E-state index contributed by atoms with van der Waals surface area (Å²) < 4.78 is 16.2. The molecule has 0 saturated carbocycles. The standard InChI is InChI=1S/C20H22BrNO5/c1-6-9-27-15-8-7-13(10-14(15)21)18-16(19(23)25-4)11(2)22-12(3)17(18)20(24)26-5/h6-8,10,18,22H,1,9H2,2-5H3. The predicted octanol–water partition coefficient (Wildman–Crippen LogP) is 3.59. The molecule has 1 aliphatic rings. The molecule has 0 radical (unpaired) electrons. The summed E-state index contributed by atoms with van der Waals surface area (Å²) in [6, 6.07) is 5.41. The predicted molar refractivity (Wildman–Crippen MR) is 105 cm³/mol. The Hall–Kier alpha value is -2.54. The van der Waals surface area contributed by atoms with Gasteiger partial charge in [0.1, 0.15) is 12.4 Å². The summed E-state index contributed by atoms with van der Waals surface area (Å²) >= 11 is 3.48. The number of hydrogen-bond donors (Lipinski definition) is 1. The van der Waals surface area contributed by atoms with E-state index in [1.54, 1.807) is 26.0 Å². The van der Waals surface area contributed by atoms with Crippen molar-refractivity contribution >= 4 is 27.9 Å². The molecule has 0 aromatic heterocycles. The maximum atomic E-state index is 12.5. The van der Waals surface area contributed by atoms with E-state index in [-0.39, 0.29) is 0 Å². The van der Waals surface area contributed by atoms with Gasteiger partial charge in [0.2, 0.25) is 0 Å². The van der Waals surface area contributed by atoms with Crippen molar-refractivity contribution < 1.29 is 23.8 Å². The average molecular weight is 436 g/mol. The van der Waals surface area contributed by atoms with Crippen LogP contribution in [-0.2, 0) is 19.1 Å². The lowest BCUT2D eigenvalue weighted by molar-refractivity contribution is -0.137. The molecule has 7 heteroatoms. The molecule has 144 valence electrons. The van der Waals surface area contributed by atoms with Gasteiger partial charge >= 0.3 is 11.9 Å². The highest BCUT2D eigenvalue weighted by atomic mass is 79.9. The molecular weight excluding hydrogens is 414 g/mol. The first kappa shape index (κ1) is 20.8. The summed E-state index contributed by atoms with van der Waals surface area (Å²) in [5, 5.41) is 3.07. The van der Waals surface area contributed by atoms with E-state index in [2.05, 4.69) is 27.8 Å². The first-order chi connectivity index (χ1) is 12.8. The second kappa shape index (κ2) is 8.90. The molecule has 0 fully saturated rings. The lowest BCUT2D eigenvalue weighted by atomic mass is 9.80. The number of benzene rings is 1. The third-order valence-electron chi connectivity index (χ3n) is 4.22. The Bertz CT molecular complexity index is 803. The van der Waals surface area contributed by atoms with E-state index in [0.29, 0.717) is 39.4 Å². The Balaban J connectivity index is 2.62. The summed E-state index contributed by atoms with van der Waals surface area (Å²) in [4.78, 5) is 25.0. The Morgan fingerprint density at radius 3 is 2.15 bits per heavy atom. The number of methoxy groups -OCH3 is 2. The van der Waals surface area contributed by atoms with Crippen molar-refractivity contribution in [3.8, 4) is 5.75 Å². The van der Waals surface area contributed by atoms with Gasteiger partial charge in [-0.25, -0.2) is 9.59 Å². The number of rotatable bonds is 6. The van der Waals surface area contributed by atoms with Crippen LogP contribution in [0.4, 0.5) is 0 Å². The molecule has 27 heavy (non-hydrogen) atoms. The van der Waals surface area contributed by atoms with E-state index in [1.807, 2.05) is 12.1 Å². The van der Waals surface area contributed by atoms with Crippen LogP contribution in [0.2, 0.25) is 0 Å². The summed E-state index contributed by atoms with van der Waals surface area (Å²) in [5.74, 6) is -1.02. The number of hydrogen-bond acceptors (Lipinski definition) is 6. The lowest BCUT2D eigenvalue weighted by Gasteiger charge is -2.30. The normalized spacial score (nSPS) is 14.6. The molecular formula is C20H22BrNO5. The number of ether oxygens (including phenoxy) is 3. The zero-order chi connectivity index (χ0) is 20.1. The van der Waals surface area contributed by atoms with Crippen molar-refractivity contribution in [2.24, 2.45) is 0 Å². The van der Waals surface area contributed by atoms with Gasteiger partial charge in [0.15, 0.2) is 0 Å². The molecule has 1 aliphatic heterocycles. The fraction of sp³-hybridized carbons (Fsp3) is 0.300. The minimum Gasteiger partial charge on any atom is -0.488 e. The highest BCUT2D eigenvalue weighted by Crippen LogP contribution is 2.41. The van der Waals surface area contributed by atoms with E-state index < -0.39 is 17.9 Å². The molecule has 0 unspecified atom stereocenters. The van der Waals surface area contributed by atoms with Crippen LogP contribution < -0.4 is 10.1 Å². The van der Waals surface area contributed by atoms with Gasteiger partial charge in [-0.3, -0.25) is 0 Å². The van der Waals surface area contributed by atoms with Gasteiger partial charge in [-0.2, -0.15) is 0 Å². The molecule has 0 atom stereocenters. The molecule has 0 spiro atoms. The molecule has 1 heterocycles. The number of dihydropyridines is 1. The van der Waals surface area contributed by atoms with Crippen LogP contribution in [0.1, 0.15) is 25.3 Å². The Kier molecular flexibility index (Phi) is 6.85. The maximum absolute atomic E-state index is 12.5. The Morgan fingerprint density at radius 2 is 1.70 bits per heavy atom. The third kappa shape index (κ3) is 4.24. The number of nitrogens with one attached hydrogen (secondary N) is 1. The molecule has 1 aromatic rings. The highest BCUT2D eigenvalue weighted by Gasteiger charge is 2.37. The number of carbonyl (C=O) groups excluding carboxylic acids is 2. The number of allylic oxidation sites excluding steroid dienone is 2. The van der Waals surface area contributed by atoms with Gasteiger partial charge in [0, 0.05) is 11.4 Å². The van der Waals surface area contributed by atoms with Crippen LogP contribution in [0.25, 0.3) is 0 Å². The zero-order valence-corrected chi connectivity index (χ0v) is 17.3. The SMILES string of the molecule is C=CCOc1ccc(C2C(C(=O)OC)=C(C)NC(C)=C2C(=O)OC)cc1Br. The first-order valence-electron chi connectivity index (χ1n) is 8.24. The zero-order valence-electron chi connectivity index (χ0n) is 15.7. The fourth-order valence-corrected chi connectivity index (χ4v) is 3.56. The van der Waals surface area contributed by atoms with Crippen molar-refractivity contribution in [2.75, 3.05) is 20.8 Å². The minimum atomic E-state index is -0.629. The topological polar surface area (TPSA) is 73.9 Å². The number of halogens is 1. The number of esters is 2. The summed E-state index contributed by atoms with van der Waals surface area (Å²) in [7, 11) is 2.62. The summed E-state index contributed by atoms with van der Waals surface area (Å²) in [6.07, 6.45) is 1.65. The van der Waals surface area contributed by atoms with E-state index in [0.717, 1.165) is 5.56 Å². The van der Waals surface area contributed by atoms with Crippen molar-refractivity contribution in [1.29, 1.82) is 0 Å². The molecule has 0 saturated heterocycles. The molecule has 1 N–H and O–H groups in total. The third-order valence-corrected chi connectivity index (χ3v) is 4.84. The van der Waals surface area contributed by atoms with E-state index in [1.165, 1.54) is 14.2 Å². The second-order valence-corrected chi connectivity index (χ2v) is 6.76. The smallest absolute Gasteiger partial charge is 0.336 e. The van der Waals surface area contributed by atoms with Crippen molar-refractivity contribution in [1.82, 2.24) is 5.32 Å². The van der Waals surface area contributed by atoms with Gasteiger partial charge in [-0.15, -0.1) is 0 Å². The number of carbonyl (C=O) groups is 2. The minimum absolute atomic E-state index is 0.357. The quantitative estimate of drug-likeness (QED) is 0.543. The Morgan fingerprint density at radius 1 is 1.15 bits per heavy atom. The average Bonchev–Trinajstić information content (AvgIpc) is 2.65. The van der Waals surface area contributed by atoms with Crippen LogP contribution in [0.5, 0.6) is 5.75 Å². The fourth-order valence-electron chi connectivity index (χ4n) is 3.05. The monoisotopic (exact) mass is 435 g/mol. The lowest BCUT2D eigenvalue weighted by Crippen LogP contribution is -2.32. The van der Waals surface area contributed by atoms with Gasteiger partial charge < -0.3 is 19.5 Å². The Labute approximate surface area is 167 Å².